The molecule has 0 aliphatic carbocycles. The minimum atomic E-state index is -0.270. The highest BCUT2D eigenvalue weighted by Crippen LogP contribution is 2.16. The Kier molecular flexibility index (Phi) is 5.03. The average molecular weight is 308 g/mol. The molecule has 0 radical (unpaired) electrons. The smallest absolute Gasteiger partial charge is 0.243 e. The number of nitrogens with zero attached hydrogens (tertiary/aromatic N) is 4. The third kappa shape index (κ3) is 3.85. The van der Waals surface area contributed by atoms with E-state index in [1.165, 1.54) is 11.3 Å². The zero-order valence-corrected chi connectivity index (χ0v) is 13.5. The molecule has 1 amide bonds. The van der Waals surface area contributed by atoms with Crippen LogP contribution in [0.2, 0.25) is 0 Å². The van der Waals surface area contributed by atoms with Crippen LogP contribution in [0.5, 0.6) is 0 Å². The predicted molar refractivity (Wildman–Crippen MR) is 82.2 cm³/mol. The molecule has 0 saturated carbocycles. The van der Waals surface area contributed by atoms with Crippen LogP contribution in [0.25, 0.3) is 0 Å². The molecule has 0 saturated heterocycles. The van der Waals surface area contributed by atoms with E-state index in [0.29, 0.717) is 11.7 Å². The monoisotopic (exact) mass is 308 g/mol. The van der Waals surface area contributed by atoms with Gasteiger partial charge in [0.1, 0.15) is 5.01 Å². The fraction of sp³-hybridized carbons (Fsp3) is 0.538. The van der Waals surface area contributed by atoms with Crippen LogP contribution >= 0.6 is 11.3 Å². The Morgan fingerprint density at radius 1 is 1.52 bits per heavy atom. The zero-order chi connectivity index (χ0) is 15.4. The second kappa shape index (κ2) is 6.77. The second-order valence-electron chi connectivity index (χ2n) is 4.96. The molecule has 2 aromatic rings. The van der Waals surface area contributed by atoms with Crippen LogP contribution in [0, 0.1) is 6.92 Å². The molecule has 2 aromatic heterocycles. The highest BCUT2D eigenvalue weighted by molar-refractivity contribution is 7.15. The van der Waals surface area contributed by atoms with E-state index < -0.39 is 0 Å². The molecule has 0 bridgehead atoms. The number of amides is 1. The summed E-state index contributed by atoms with van der Waals surface area (Å²) in [5.74, 6) is -0.0857. The van der Waals surface area contributed by atoms with E-state index in [9.17, 15) is 4.79 Å². The molecule has 114 valence electrons. The summed E-state index contributed by atoms with van der Waals surface area (Å²) < 4.78 is 0. The lowest BCUT2D eigenvalue weighted by Gasteiger charge is -2.23. The molecule has 0 aliphatic heterocycles. The van der Waals surface area contributed by atoms with E-state index in [-0.39, 0.29) is 11.9 Å². The van der Waals surface area contributed by atoms with Crippen molar-refractivity contribution in [1.29, 1.82) is 0 Å². The van der Waals surface area contributed by atoms with Crippen LogP contribution in [0.4, 0.5) is 5.13 Å². The van der Waals surface area contributed by atoms with Crippen molar-refractivity contribution >= 4 is 22.4 Å². The maximum absolute atomic E-state index is 12.2. The Hall–Kier alpha value is -1.80. The Morgan fingerprint density at radius 3 is 2.86 bits per heavy atom. The summed E-state index contributed by atoms with van der Waals surface area (Å²) >= 11 is 1.41. The lowest BCUT2D eigenvalue weighted by atomic mass is 10.2. The Morgan fingerprint density at radius 2 is 2.29 bits per heavy atom. The van der Waals surface area contributed by atoms with Crippen molar-refractivity contribution in [1.82, 2.24) is 25.3 Å². The van der Waals surface area contributed by atoms with Gasteiger partial charge >= 0.3 is 0 Å². The molecule has 21 heavy (non-hydrogen) atoms. The van der Waals surface area contributed by atoms with Crippen molar-refractivity contribution < 1.29 is 4.79 Å². The maximum atomic E-state index is 12.2. The van der Waals surface area contributed by atoms with E-state index in [4.69, 9.17) is 0 Å². The van der Waals surface area contributed by atoms with Gasteiger partial charge in [0, 0.05) is 17.8 Å². The Labute approximate surface area is 127 Å². The lowest BCUT2D eigenvalue weighted by molar-refractivity contribution is -0.120. The molecule has 1 unspecified atom stereocenters. The number of carbonyl (C=O) groups is 1. The molecule has 2 rings (SSSR count). The van der Waals surface area contributed by atoms with Gasteiger partial charge in [-0.15, -0.1) is 10.2 Å². The van der Waals surface area contributed by atoms with Gasteiger partial charge in [-0.3, -0.25) is 20.1 Å². The molecule has 0 aliphatic rings. The second-order valence-corrected chi connectivity index (χ2v) is 6.02. The number of hydrogen-bond donors (Lipinski definition) is 2. The fourth-order valence-electron chi connectivity index (χ4n) is 1.80. The van der Waals surface area contributed by atoms with Crippen LogP contribution in [0.3, 0.4) is 0 Å². The number of nitrogens with one attached hydrogen (secondary N) is 2. The van der Waals surface area contributed by atoms with Crippen LogP contribution < -0.4 is 5.32 Å². The number of hydrogen-bond acceptors (Lipinski definition) is 6. The molecular formula is C13H20N6OS. The van der Waals surface area contributed by atoms with E-state index >= 15 is 0 Å². The van der Waals surface area contributed by atoms with Gasteiger partial charge in [-0.1, -0.05) is 18.3 Å². The van der Waals surface area contributed by atoms with Crippen LogP contribution in [0.1, 0.15) is 30.1 Å². The average Bonchev–Trinajstić information content (AvgIpc) is 3.07. The number of aromatic amines is 1. The summed E-state index contributed by atoms with van der Waals surface area (Å²) in [6, 6.07) is -0.270. The minimum absolute atomic E-state index is 0.0857. The normalized spacial score (nSPS) is 12.6. The molecule has 0 spiro atoms. The lowest BCUT2D eigenvalue weighted by Crippen LogP contribution is -2.39. The molecule has 1 atom stereocenters. The topological polar surface area (TPSA) is 86.8 Å². The first-order valence-corrected chi connectivity index (χ1v) is 7.65. The zero-order valence-electron chi connectivity index (χ0n) is 12.7. The first-order valence-electron chi connectivity index (χ1n) is 6.83. The Bertz CT molecular complexity index is 607. The van der Waals surface area contributed by atoms with Gasteiger partial charge in [0.15, 0.2) is 0 Å². The van der Waals surface area contributed by atoms with Crippen LogP contribution in [-0.4, -0.2) is 44.3 Å². The van der Waals surface area contributed by atoms with Crippen molar-refractivity contribution in [3.8, 4) is 0 Å². The molecular weight excluding hydrogens is 288 g/mol. The molecule has 2 heterocycles. The third-order valence-electron chi connectivity index (χ3n) is 3.39. The van der Waals surface area contributed by atoms with Gasteiger partial charge in [-0.05, 0) is 27.3 Å². The van der Waals surface area contributed by atoms with Gasteiger partial charge in [0.2, 0.25) is 11.0 Å². The molecule has 2 N–H and O–H groups in total. The van der Waals surface area contributed by atoms with Crippen molar-refractivity contribution in [2.75, 3.05) is 12.4 Å². The maximum Gasteiger partial charge on any atom is 0.243 e. The van der Waals surface area contributed by atoms with Crippen LogP contribution in [0.15, 0.2) is 6.20 Å². The quantitative estimate of drug-likeness (QED) is 0.846. The Balaban J connectivity index is 1.93. The summed E-state index contributed by atoms with van der Waals surface area (Å²) in [7, 11) is 1.91. The van der Waals surface area contributed by atoms with Crippen molar-refractivity contribution in [2.24, 2.45) is 0 Å². The summed E-state index contributed by atoms with van der Waals surface area (Å²) in [5, 5.41) is 19.1. The standard InChI is InChI=1S/C13H20N6OS/c1-5-11-17-18-13(21-11)15-12(20)9(3)19(4)7-10-6-14-16-8(10)2/h6,9H,5,7H2,1-4H3,(H,14,16)(H,15,18,20). The van der Waals surface area contributed by atoms with E-state index in [1.807, 2.05) is 32.7 Å². The van der Waals surface area contributed by atoms with E-state index in [1.54, 1.807) is 6.20 Å². The highest BCUT2D eigenvalue weighted by atomic mass is 32.1. The van der Waals surface area contributed by atoms with Gasteiger partial charge in [-0.25, -0.2) is 0 Å². The number of anilines is 1. The number of H-pyrrole nitrogens is 1. The van der Waals surface area contributed by atoms with Gasteiger partial charge < -0.3 is 0 Å². The highest BCUT2D eigenvalue weighted by Gasteiger charge is 2.20. The van der Waals surface area contributed by atoms with Crippen molar-refractivity contribution in [3.63, 3.8) is 0 Å². The number of rotatable bonds is 6. The molecule has 7 nitrogen and oxygen atoms in total. The third-order valence-corrected chi connectivity index (χ3v) is 4.38. The predicted octanol–water partition coefficient (Wildman–Crippen LogP) is 1.59. The van der Waals surface area contributed by atoms with Crippen molar-refractivity contribution in [2.45, 2.75) is 39.8 Å². The first-order chi connectivity index (χ1) is 10.0. The fourth-order valence-corrected chi connectivity index (χ4v) is 2.48. The molecule has 0 aromatic carbocycles. The minimum Gasteiger partial charge on any atom is -0.299 e. The largest absolute Gasteiger partial charge is 0.299 e. The van der Waals surface area contributed by atoms with E-state index in [2.05, 4.69) is 25.7 Å². The SMILES string of the molecule is CCc1nnc(NC(=O)C(C)N(C)Cc2cn[nH]c2C)s1. The number of aromatic nitrogens is 4. The van der Waals surface area contributed by atoms with Crippen molar-refractivity contribution in [3.05, 3.63) is 22.5 Å². The number of likely N-dealkylation sites (N-methyl/N-ethyl adjacent to an activating group) is 1. The van der Waals surface area contributed by atoms with Crippen LogP contribution in [-0.2, 0) is 17.8 Å². The van der Waals surface area contributed by atoms with Gasteiger partial charge in [0.05, 0.1) is 12.2 Å². The summed E-state index contributed by atoms with van der Waals surface area (Å²) in [5.41, 5.74) is 2.10. The first kappa shape index (κ1) is 15.6. The summed E-state index contributed by atoms with van der Waals surface area (Å²) in [6.45, 7) is 6.50. The van der Waals surface area contributed by atoms with E-state index in [0.717, 1.165) is 22.7 Å². The molecule has 8 heteroatoms. The van der Waals surface area contributed by atoms with Gasteiger partial charge in [0.25, 0.3) is 0 Å². The number of aryl methyl sites for hydroxylation is 2. The summed E-state index contributed by atoms with van der Waals surface area (Å²) in [4.78, 5) is 14.2. The molecule has 0 fully saturated rings. The number of carbonyl (C=O) groups excluding carboxylic acids is 1. The summed E-state index contributed by atoms with van der Waals surface area (Å²) in [6.07, 6.45) is 2.61. The van der Waals surface area contributed by atoms with Gasteiger partial charge in [-0.2, -0.15) is 5.10 Å².